The van der Waals surface area contributed by atoms with Crippen molar-refractivity contribution >= 4 is 17.8 Å². The summed E-state index contributed by atoms with van der Waals surface area (Å²) in [4.78, 5) is 41.2. The molecule has 162 valence electrons. The number of methoxy groups -OCH3 is 1. The molecule has 4 amide bonds. The number of amides is 4. The van der Waals surface area contributed by atoms with Crippen LogP contribution in [0.5, 0.6) is 5.75 Å². The first-order valence-corrected chi connectivity index (χ1v) is 10.1. The molecule has 7 heteroatoms. The summed E-state index contributed by atoms with van der Waals surface area (Å²) in [6.45, 7) is 5.83. The molecule has 1 atom stereocenters. The lowest BCUT2D eigenvalue weighted by Crippen LogP contribution is -2.45. The predicted molar refractivity (Wildman–Crippen MR) is 118 cm³/mol. The number of nitrogens with one attached hydrogen (secondary N) is 1. The molecule has 0 spiro atoms. The van der Waals surface area contributed by atoms with Gasteiger partial charge >= 0.3 is 6.03 Å². The molecule has 7 nitrogen and oxygen atoms in total. The molecule has 1 heterocycles. The van der Waals surface area contributed by atoms with Gasteiger partial charge in [0.05, 0.1) is 7.11 Å². The van der Waals surface area contributed by atoms with Crippen molar-refractivity contribution in [3.05, 3.63) is 78.4 Å². The summed E-state index contributed by atoms with van der Waals surface area (Å²) >= 11 is 0. The van der Waals surface area contributed by atoms with E-state index < -0.39 is 17.5 Å². The summed E-state index contributed by atoms with van der Waals surface area (Å²) < 4.78 is 5.15. The van der Waals surface area contributed by atoms with Gasteiger partial charge in [0, 0.05) is 13.1 Å². The number of rotatable bonds is 9. The van der Waals surface area contributed by atoms with Crippen molar-refractivity contribution in [3.63, 3.8) is 0 Å². The van der Waals surface area contributed by atoms with Crippen molar-refractivity contribution in [2.75, 3.05) is 26.7 Å². The fraction of sp³-hybridized carbons (Fsp3) is 0.292. The van der Waals surface area contributed by atoms with E-state index >= 15 is 0 Å². The van der Waals surface area contributed by atoms with Crippen LogP contribution in [0.4, 0.5) is 4.79 Å². The Kier molecular flexibility index (Phi) is 6.74. The highest BCUT2D eigenvalue weighted by Crippen LogP contribution is 2.30. The van der Waals surface area contributed by atoms with Crippen LogP contribution < -0.4 is 10.1 Å². The van der Waals surface area contributed by atoms with E-state index in [1.807, 2.05) is 30.3 Å². The van der Waals surface area contributed by atoms with E-state index in [4.69, 9.17) is 4.74 Å². The van der Waals surface area contributed by atoms with Crippen LogP contribution >= 0.6 is 0 Å². The minimum Gasteiger partial charge on any atom is -0.497 e. The summed E-state index contributed by atoms with van der Waals surface area (Å²) in [5.74, 6) is -0.120. The molecule has 0 saturated carbocycles. The highest BCUT2D eigenvalue weighted by molar-refractivity contribution is 6.09. The van der Waals surface area contributed by atoms with Gasteiger partial charge in [-0.15, -0.1) is 6.58 Å². The Morgan fingerprint density at radius 1 is 1.16 bits per heavy atom. The molecule has 31 heavy (non-hydrogen) atoms. The van der Waals surface area contributed by atoms with Crippen LogP contribution in [0, 0.1) is 0 Å². The Morgan fingerprint density at radius 3 is 2.45 bits per heavy atom. The summed E-state index contributed by atoms with van der Waals surface area (Å²) in [6.07, 6.45) is 2.31. The van der Waals surface area contributed by atoms with Crippen LogP contribution in [0.3, 0.4) is 0 Å². The van der Waals surface area contributed by atoms with Crippen LogP contribution in [0.1, 0.15) is 18.1 Å². The fourth-order valence-electron chi connectivity index (χ4n) is 3.58. The van der Waals surface area contributed by atoms with Gasteiger partial charge < -0.3 is 15.0 Å². The van der Waals surface area contributed by atoms with E-state index in [1.54, 1.807) is 49.3 Å². The number of carbonyl (C=O) groups excluding carboxylic acids is 3. The zero-order valence-electron chi connectivity index (χ0n) is 17.8. The SMILES string of the molecule is C=CCN(CCc1ccccc1)C(=O)CN1C(=O)NC(C)(c2ccc(OC)cc2)C1=O. The third-order valence-electron chi connectivity index (χ3n) is 5.45. The van der Waals surface area contributed by atoms with Crippen molar-refractivity contribution in [1.82, 2.24) is 15.1 Å². The number of benzene rings is 2. The van der Waals surface area contributed by atoms with Gasteiger partial charge in [-0.3, -0.25) is 14.5 Å². The Bertz CT molecular complexity index is 959. The molecule has 1 unspecified atom stereocenters. The highest BCUT2D eigenvalue weighted by Gasteiger charge is 2.49. The topological polar surface area (TPSA) is 79.0 Å². The molecule has 1 aliphatic heterocycles. The zero-order chi connectivity index (χ0) is 22.4. The largest absolute Gasteiger partial charge is 0.497 e. The Labute approximate surface area is 182 Å². The molecule has 0 aliphatic carbocycles. The van der Waals surface area contributed by atoms with E-state index in [9.17, 15) is 14.4 Å². The molecular formula is C24H27N3O4. The van der Waals surface area contributed by atoms with Crippen LogP contribution in [-0.2, 0) is 21.5 Å². The van der Waals surface area contributed by atoms with Gasteiger partial charge in [-0.25, -0.2) is 4.79 Å². The first-order chi connectivity index (χ1) is 14.9. The Morgan fingerprint density at radius 2 is 1.84 bits per heavy atom. The van der Waals surface area contributed by atoms with Crippen molar-refractivity contribution in [1.29, 1.82) is 0 Å². The average Bonchev–Trinajstić information content (AvgIpc) is 3.01. The maximum Gasteiger partial charge on any atom is 0.325 e. The fourth-order valence-corrected chi connectivity index (χ4v) is 3.58. The van der Waals surface area contributed by atoms with E-state index in [-0.39, 0.29) is 12.5 Å². The second-order valence-electron chi connectivity index (χ2n) is 7.54. The van der Waals surface area contributed by atoms with Crippen molar-refractivity contribution in [3.8, 4) is 5.75 Å². The number of imide groups is 1. The second kappa shape index (κ2) is 9.47. The first-order valence-electron chi connectivity index (χ1n) is 10.1. The molecule has 1 fully saturated rings. The van der Waals surface area contributed by atoms with Gasteiger partial charge in [-0.05, 0) is 36.6 Å². The molecule has 3 rings (SSSR count). The number of urea groups is 1. The monoisotopic (exact) mass is 421 g/mol. The van der Waals surface area contributed by atoms with Crippen LogP contribution in [0.25, 0.3) is 0 Å². The molecule has 1 saturated heterocycles. The maximum atomic E-state index is 13.1. The summed E-state index contributed by atoms with van der Waals surface area (Å²) in [7, 11) is 1.55. The summed E-state index contributed by atoms with van der Waals surface area (Å²) in [5.41, 5.74) is 0.483. The number of carbonyl (C=O) groups is 3. The molecule has 0 bridgehead atoms. The van der Waals surface area contributed by atoms with Gasteiger partial charge in [0.15, 0.2) is 0 Å². The minimum atomic E-state index is -1.24. The lowest BCUT2D eigenvalue weighted by atomic mass is 9.92. The minimum absolute atomic E-state index is 0.307. The lowest BCUT2D eigenvalue weighted by molar-refractivity contribution is -0.138. The molecule has 2 aromatic carbocycles. The van der Waals surface area contributed by atoms with E-state index in [0.717, 1.165) is 10.5 Å². The Balaban J connectivity index is 1.70. The first kappa shape index (κ1) is 22.1. The van der Waals surface area contributed by atoms with Crippen LogP contribution in [0.2, 0.25) is 0 Å². The van der Waals surface area contributed by atoms with Gasteiger partial charge in [0.25, 0.3) is 5.91 Å². The zero-order valence-corrected chi connectivity index (χ0v) is 17.8. The van der Waals surface area contributed by atoms with E-state index in [0.29, 0.717) is 30.8 Å². The van der Waals surface area contributed by atoms with Crippen molar-refractivity contribution < 1.29 is 19.1 Å². The molecule has 1 aliphatic rings. The average molecular weight is 421 g/mol. The normalized spacial score (nSPS) is 17.9. The number of hydrogen-bond acceptors (Lipinski definition) is 4. The third-order valence-corrected chi connectivity index (χ3v) is 5.45. The van der Waals surface area contributed by atoms with Gasteiger partial charge in [0.2, 0.25) is 5.91 Å². The van der Waals surface area contributed by atoms with E-state index in [2.05, 4.69) is 11.9 Å². The highest BCUT2D eigenvalue weighted by atomic mass is 16.5. The Hall–Kier alpha value is -3.61. The van der Waals surface area contributed by atoms with Crippen molar-refractivity contribution in [2.45, 2.75) is 18.9 Å². The quantitative estimate of drug-likeness (QED) is 0.499. The molecule has 0 aromatic heterocycles. The maximum absolute atomic E-state index is 13.1. The standard InChI is InChI=1S/C24H27N3O4/c1-4-15-26(16-14-18-8-6-5-7-9-18)21(28)17-27-22(29)24(2,25-23(27)30)19-10-12-20(31-3)13-11-19/h4-13H,1,14-17H2,2-3H3,(H,25,30). The van der Waals surface area contributed by atoms with E-state index in [1.165, 1.54) is 0 Å². The molecule has 1 N–H and O–H groups in total. The number of nitrogens with zero attached hydrogens (tertiary/aromatic N) is 2. The van der Waals surface area contributed by atoms with Crippen molar-refractivity contribution in [2.24, 2.45) is 0 Å². The molecule has 2 aromatic rings. The van der Waals surface area contributed by atoms with Crippen LogP contribution in [0.15, 0.2) is 67.3 Å². The van der Waals surface area contributed by atoms with Gasteiger partial charge in [-0.2, -0.15) is 0 Å². The summed E-state index contributed by atoms with van der Waals surface area (Å²) in [5, 5.41) is 2.72. The third kappa shape index (κ3) is 4.77. The summed E-state index contributed by atoms with van der Waals surface area (Å²) in [6, 6.07) is 16.1. The van der Waals surface area contributed by atoms with Gasteiger partial charge in [0.1, 0.15) is 17.8 Å². The number of ether oxygens (including phenoxy) is 1. The lowest BCUT2D eigenvalue weighted by Gasteiger charge is -2.25. The molecule has 0 radical (unpaired) electrons. The molecular weight excluding hydrogens is 394 g/mol. The smallest absolute Gasteiger partial charge is 0.325 e. The van der Waals surface area contributed by atoms with Gasteiger partial charge in [-0.1, -0.05) is 48.5 Å². The number of hydrogen-bond donors (Lipinski definition) is 1. The van der Waals surface area contributed by atoms with Crippen LogP contribution in [-0.4, -0.2) is 54.4 Å². The second-order valence-corrected chi connectivity index (χ2v) is 7.54. The predicted octanol–water partition coefficient (Wildman–Crippen LogP) is 2.72.